The molecule has 1 aliphatic carbocycles. The molecule has 0 spiro atoms. The zero-order chi connectivity index (χ0) is 24.6. The highest BCUT2D eigenvalue weighted by atomic mass is 32.2. The lowest BCUT2D eigenvalue weighted by molar-refractivity contribution is 0.0956. The van der Waals surface area contributed by atoms with Crippen LogP contribution in [0, 0.1) is 0 Å². The van der Waals surface area contributed by atoms with E-state index >= 15 is 0 Å². The van der Waals surface area contributed by atoms with Crippen molar-refractivity contribution in [3.8, 4) is 11.5 Å². The summed E-state index contributed by atoms with van der Waals surface area (Å²) in [6.07, 6.45) is -2.08. The SMILES string of the molecule is COc1ccc(OC2CC(=C(F)F)C2)cc1S(=O)(=O)NC(=O)c1cc2ccc(N(C)C)cc2o1. The second kappa shape index (κ2) is 8.98. The lowest BCUT2D eigenvalue weighted by atomic mass is 9.90. The van der Waals surface area contributed by atoms with E-state index in [4.69, 9.17) is 13.9 Å². The van der Waals surface area contributed by atoms with Crippen molar-refractivity contribution in [1.82, 2.24) is 4.72 Å². The van der Waals surface area contributed by atoms with E-state index in [1.165, 1.54) is 31.4 Å². The number of sulfonamides is 1. The summed E-state index contributed by atoms with van der Waals surface area (Å²) in [5.74, 6) is -1.00. The zero-order valence-corrected chi connectivity index (χ0v) is 19.4. The predicted molar refractivity (Wildman–Crippen MR) is 121 cm³/mol. The van der Waals surface area contributed by atoms with Crippen LogP contribution in [0.1, 0.15) is 23.4 Å². The molecule has 0 radical (unpaired) electrons. The Morgan fingerprint density at radius 1 is 1.12 bits per heavy atom. The Bertz CT molecular complexity index is 1390. The first-order chi connectivity index (χ1) is 16.1. The quantitative estimate of drug-likeness (QED) is 0.525. The number of anilines is 1. The van der Waals surface area contributed by atoms with Crippen molar-refractivity contribution in [2.75, 3.05) is 26.1 Å². The first-order valence-electron chi connectivity index (χ1n) is 10.2. The van der Waals surface area contributed by atoms with Crippen molar-refractivity contribution in [2.24, 2.45) is 0 Å². The number of hydrogen-bond donors (Lipinski definition) is 1. The van der Waals surface area contributed by atoms with Crippen LogP contribution in [-0.2, 0) is 10.0 Å². The van der Waals surface area contributed by atoms with Gasteiger partial charge < -0.3 is 18.8 Å². The molecule has 1 amide bonds. The van der Waals surface area contributed by atoms with Gasteiger partial charge in [-0.3, -0.25) is 4.79 Å². The van der Waals surface area contributed by atoms with Gasteiger partial charge in [0.2, 0.25) is 0 Å². The number of halogens is 2. The molecule has 11 heteroatoms. The topological polar surface area (TPSA) is 98.1 Å². The number of carbonyl (C=O) groups excluding carboxylic acids is 1. The smallest absolute Gasteiger partial charge is 0.300 e. The predicted octanol–water partition coefficient (Wildman–Crippen LogP) is 4.32. The standard InChI is InChI=1S/C23H22F2N2O6S/c1-27(2)15-5-4-13-10-20(33-19(13)11-15)23(28)26-34(29,30)21-12-16(6-7-18(21)31-3)32-17-8-14(9-17)22(24)25/h4-7,10-12,17H,8-9H2,1-3H3,(H,26,28). The summed E-state index contributed by atoms with van der Waals surface area (Å²) in [6.45, 7) is 0. The van der Waals surface area contributed by atoms with E-state index in [-0.39, 0.29) is 40.6 Å². The highest BCUT2D eigenvalue weighted by Gasteiger charge is 2.30. The molecule has 0 saturated heterocycles. The number of methoxy groups -OCH3 is 1. The first kappa shape index (κ1) is 23.6. The summed E-state index contributed by atoms with van der Waals surface area (Å²) in [4.78, 5) is 14.2. The Hall–Kier alpha value is -3.60. The average Bonchev–Trinajstić information content (AvgIpc) is 3.19. The maximum atomic E-state index is 13.0. The summed E-state index contributed by atoms with van der Waals surface area (Å²) in [7, 11) is 0.613. The van der Waals surface area contributed by atoms with Gasteiger partial charge in [-0.1, -0.05) is 0 Å². The van der Waals surface area contributed by atoms with Gasteiger partial charge in [-0.15, -0.1) is 0 Å². The van der Waals surface area contributed by atoms with Crippen molar-refractivity contribution < 1.29 is 35.9 Å². The number of hydrogen-bond acceptors (Lipinski definition) is 7. The Morgan fingerprint density at radius 3 is 2.50 bits per heavy atom. The second-order valence-electron chi connectivity index (χ2n) is 7.99. The van der Waals surface area contributed by atoms with Crippen LogP contribution in [-0.4, -0.2) is 41.6 Å². The molecule has 0 bridgehead atoms. The van der Waals surface area contributed by atoms with Gasteiger partial charge in [0.05, 0.1) is 7.11 Å². The molecule has 1 fully saturated rings. The van der Waals surface area contributed by atoms with Crippen LogP contribution in [0.3, 0.4) is 0 Å². The Labute approximate surface area is 194 Å². The number of carbonyl (C=O) groups is 1. The number of ether oxygens (including phenoxy) is 2. The molecule has 1 N–H and O–H groups in total. The number of furan rings is 1. The Kier molecular flexibility index (Phi) is 6.22. The van der Waals surface area contributed by atoms with E-state index in [1.54, 1.807) is 12.1 Å². The second-order valence-corrected chi connectivity index (χ2v) is 9.64. The number of fused-ring (bicyclic) bond motifs is 1. The molecule has 0 atom stereocenters. The van der Waals surface area contributed by atoms with Gasteiger partial charge in [0.25, 0.3) is 16.1 Å². The first-order valence-corrected chi connectivity index (χ1v) is 11.7. The van der Waals surface area contributed by atoms with Gasteiger partial charge >= 0.3 is 5.91 Å². The number of benzene rings is 2. The number of nitrogens with zero attached hydrogens (tertiary/aromatic N) is 1. The van der Waals surface area contributed by atoms with Crippen molar-refractivity contribution in [3.63, 3.8) is 0 Å². The molecule has 180 valence electrons. The third kappa shape index (κ3) is 4.69. The molecule has 0 aliphatic heterocycles. The van der Waals surface area contributed by atoms with E-state index in [0.717, 1.165) is 5.69 Å². The fraction of sp³-hybridized carbons (Fsp3) is 0.261. The molecular formula is C23H22F2N2O6S. The normalized spacial score (nSPS) is 15.6. The zero-order valence-electron chi connectivity index (χ0n) is 18.6. The fourth-order valence-electron chi connectivity index (χ4n) is 3.50. The summed E-state index contributed by atoms with van der Waals surface area (Å²) in [5, 5.41) is 0.639. The Balaban J connectivity index is 1.55. The van der Waals surface area contributed by atoms with Crippen LogP contribution in [0.2, 0.25) is 0 Å². The van der Waals surface area contributed by atoms with Crippen LogP contribution in [0.5, 0.6) is 11.5 Å². The Morgan fingerprint density at radius 2 is 1.85 bits per heavy atom. The van der Waals surface area contributed by atoms with Crippen molar-refractivity contribution >= 4 is 32.6 Å². The molecule has 34 heavy (non-hydrogen) atoms. The molecule has 3 aromatic rings. The van der Waals surface area contributed by atoms with E-state index in [0.29, 0.717) is 11.0 Å². The summed E-state index contributed by atoms with van der Waals surface area (Å²) in [5.41, 5.74) is 1.30. The third-order valence-corrected chi connectivity index (χ3v) is 6.77. The number of amides is 1. The van der Waals surface area contributed by atoms with Gasteiger partial charge in [0, 0.05) is 55.7 Å². The van der Waals surface area contributed by atoms with Crippen molar-refractivity contribution in [2.45, 2.75) is 23.8 Å². The van der Waals surface area contributed by atoms with Gasteiger partial charge in [-0.25, -0.2) is 13.1 Å². The minimum Gasteiger partial charge on any atom is -0.495 e. The number of rotatable bonds is 7. The molecule has 0 unspecified atom stereocenters. The average molecular weight is 493 g/mol. The minimum absolute atomic E-state index is 0.0159. The monoisotopic (exact) mass is 492 g/mol. The summed E-state index contributed by atoms with van der Waals surface area (Å²) in [6, 6.07) is 10.8. The van der Waals surface area contributed by atoms with Crippen LogP contribution in [0.25, 0.3) is 11.0 Å². The van der Waals surface area contributed by atoms with Gasteiger partial charge in [0.15, 0.2) is 5.76 Å². The molecule has 1 heterocycles. The maximum Gasteiger partial charge on any atom is 0.300 e. The van der Waals surface area contributed by atoms with E-state index in [2.05, 4.69) is 0 Å². The van der Waals surface area contributed by atoms with E-state index in [1.807, 2.05) is 29.8 Å². The van der Waals surface area contributed by atoms with E-state index < -0.39 is 28.1 Å². The molecule has 4 rings (SSSR count). The molecule has 1 aliphatic rings. The van der Waals surface area contributed by atoms with Crippen LogP contribution in [0.4, 0.5) is 14.5 Å². The fourth-order valence-corrected chi connectivity index (χ4v) is 4.64. The lowest BCUT2D eigenvalue weighted by Gasteiger charge is -2.29. The summed E-state index contributed by atoms with van der Waals surface area (Å²) < 4.78 is 69.4. The minimum atomic E-state index is -4.38. The van der Waals surface area contributed by atoms with Gasteiger partial charge in [-0.2, -0.15) is 8.78 Å². The van der Waals surface area contributed by atoms with Crippen LogP contribution < -0.4 is 19.1 Å². The van der Waals surface area contributed by atoms with Gasteiger partial charge in [-0.05, 0) is 30.3 Å². The van der Waals surface area contributed by atoms with Crippen molar-refractivity contribution in [1.29, 1.82) is 0 Å². The van der Waals surface area contributed by atoms with E-state index in [9.17, 15) is 22.0 Å². The largest absolute Gasteiger partial charge is 0.495 e. The molecule has 1 saturated carbocycles. The molecule has 1 aromatic heterocycles. The molecule has 2 aromatic carbocycles. The highest BCUT2D eigenvalue weighted by Crippen LogP contribution is 2.36. The van der Waals surface area contributed by atoms with Crippen molar-refractivity contribution in [3.05, 3.63) is 59.9 Å². The van der Waals surface area contributed by atoms with Crippen LogP contribution in [0.15, 0.2) is 63.4 Å². The third-order valence-electron chi connectivity index (χ3n) is 5.41. The van der Waals surface area contributed by atoms with Gasteiger partial charge in [0.1, 0.15) is 28.1 Å². The molecule has 8 nitrogen and oxygen atoms in total. The van der Waals surface area contributed by atoms with Crippen LogP contribution >= 0.6 is 0 Å². The molecular weight excluding hydrogens is 470 g/mol. The summed E-state index contributed by atoms with van der Waals surface area (Å²) >= 11 is 0. The maximum absolute atomic E-state index is 13.0. The highest BCUT2D eigenvalue weighted by molar-refractivity contribution is 7.90. The number of nitrogens with one attached hydrogen (secondary N) is 1. The lowest BCUT2D eigenvalue weighted by Crippen LogP contribution is -2.31.